The molecule has 4 nitrogen and oxygen atoms in total. The lowest BCUT2D eigenvalue weighted by Crippen LogP contribution is -2.46. The number of hydrogen-bond donors (Lipinski definition) is 1. The zero-order chi connectivity index (χ0) is 14.0. The molecule has 104 valence electrons. The van der Waals surface area contributed by atoms with Crippen LogP contribution in [0.25, 0.3) is 0 Å². The van der Waals surface area contributed by atoms with Gasteiger partial charge in [0, 0.05) is 17.2 Å². The van der Waals surface area contributed by atoms with Crippen molar-refractivity contribution in [3.63, 3.8) is 0 Å². The van der Waals surface area contributed by atoms with Crippen molar-refractivity contribution in [2.75, 3.05) is 0 Å². The second-order valence-electron chi connectivity index (χ2n) is 6.06. The molecule has 4 heteroatoms. The number of nitrogens with zero attached hydrogens (tertiary/aromatic N) is 1. The summed E-state index contributed by atoms with van der Waals surface area (Å²) in [6.45, 7) is 4.06. The first-order chi connectivity index (χ1) is 8.91. The summed E-state index contributed by atoms with van der Waals surface area (Å²) in [7, 11) is 0. The molecule has 2 atom stereocenters. The van der Waals surface area contributed by atoms with Gasteiger partial charge in [-0.2, -0.15) is 0 Å². The molecule has 19 heavy (non-hydrogen) atoms. The Morgan fingerprint density at radius 3 is 2.89 bits per heavy atom. The van der Waals surface area contributed by atoms with E-state index in [-0.39, 0.29) is 16.1 Å². The Balaban J connectivity index is 2.23. The molecule has 0 heterocycles. The summed E-state index contributed by atoms with van der Waals surface area (Å²) < 4.78 is 0. The van der Waals surface area contributed by atoms with Crippen LogP contribution in [0.4, 0.5) is 5.69 Å². The van der Waals surface area contributed by atoms with Crippen LogP contribution < -0.4 is 5.73 Å². The van der Waals surface area contributed by atoms with Crippen LogP contribution in [-0.2, 0) is 6.42 Å². The van der Waals surface area contributed by atoms with Crippen LogP contribution in [-0.4, -0.2) is 10.5 Å². The van der Waals surface area contributed by atoms with Crippen molar-refractivity contribution in [1.82, 2.24) is 0 Å². The topological polar surface area (TPSA) is 69.2 Å². The van der Waals surface area contributed by atoms with Gasteiger partial charge in [-0.15, -0.1) is 0 Å². The van der Waals surface area contributed by atoms with Crippen molar-refractivity contribution < 1.29 is 4.92 Å². The van der Waals surface area contributed by atoms with E-state index >= 15 is 0 Å². The van der Waals surface area contributed by atoms with E-state index in [9.17, 15) is 10.1 Å². The number of nitrogens with two attached hydrogens (primary N) is 1. The largest absolute Gasteiger partial charge is 0.325 e. The van der Waals surface area contributed by atoms with Gasteiger partial charge in [-0.25, -0.2) is 0 Å². The molecule has 1 saturated carbocycles. The van der Waals surface area contributed by atoms with E-state index in [1.165, 1.54) is 6.42 Å². The zero-order valence-electron chi connectivity index (χ0n) is 11.7. The molecule has 0 amide bonds. The average Bonchev–Trinajstić information content (AvgIpc) is 2.30. The summed E-state index contributed by atoms with van der Waals surface area (Å²) in [6.07, 6.45) is 5.16. The number of hydrogen-bond acceptors (Lipinski definition) is 3. The Hall–Kier alpha value is -1.42. The van der Waals surface area contributed by atoms with Gasteiger partial charge in [-0.3, -0.25) is 10.1 Å². The third-order valence-electron chi connectivity index (χ3n) is 4.28. The van der Waals surface area contributed by atoms with Crippen LogP contribution >= 0.6 is 0 Å². The van der Waals surface area contributed by atoms with Crippen LogP contribution in [0, 0.1) is 23.0 Å². The van der Waals surface area contributed by atoms with Crippen molar-refractivity contribution >= 4 is 5.69 Å². The summed E-state index contributed by atoms with van der Waals surface area (Å²) >= 11 is 0. The first-order valence-corrected chi connectivity index (χ1v) is 6.93. The zero-order valence-corrected chi connectivity index (χ0v) is 11.7. The lowest BCUT2D eigenvalue weighted by Gasteiger charge is -2.37. The van der Waals surface area contributed by atoms with Gasteiger partial charge in [-0.05, 0) is 37.7 Å². The van der Waals surface area contributed by atoms with Crippen LogP contribution in [0.1, 0.15) is 43.7 Å². The SMILES string of the molecule is Cc1c(CC2(N)CCCC(C)C2)cccc1[N+](=O)[O-]. The molecular formula is C15H22N2O2. The van der Waals surface area contributed by atoms with Crippen LogP contribution in [0.5, 0.6) is 0 Å². The van der Waals surface area contributed by atoms with E-state index in [1.807, 2.05) is 13.0 Å². The van der Waals surface area contributed by atoms with Gasteiger partial charge < -0.3 is 5.73 Å². The molecule has 1 aromatic rings. The second-order valence-corrected chi connectivity index (χ2v) is 6.06. The Morgan fingerprint density at radius 2 is 2.26 bits per heavy atom. The van der Waals surface area contributed by atoms with Gasteiger partial charge >= 0.3 is 0 Å². The highest BCUT2D eigenvalue weighted by molar-refractivity contribution is 5.45. The minimum Gasteiger partial charge on any atom is -0.325 e. The van der Waals surface area contributed by atoms with Crippen LogP contribution in [0.2, 0.25) is 0 Å². The highest BCUT2D eigenvalue weighted by Gasteiger charge is 2.32. The third kappa shape index (κ3) is 3.13. The lowest BCUT2D eigenvalue weighted by atomic mass is 9.73. The molecule has 2 N–H and O–H groups in total. The summed E-state index contributed by atoms with van der Waals surface area (Å²) in [4.78, 5) is 10.7. The summed E-state index contributed by atoms with van der Waals surface area (Å²) in [6, 6.07) is 5.29. The molecule has 0 radical (unpaired) electrons. The third-order valence-corrected chi connectivity index (χ3v) is 4.28. The quantitative estimate of drug-likeness (QED) is 0.670. The number of nitro groups is 1. The van der Waals surface area contributed by atoms with Gasteiger partial charge in [-0.1, -0.05) is 31.9 Å². The number of rotatable bonds is 3. The Morgan fingerprint density at radius 1 is 1.53 bits per heavy atom. The molecule has 0 saturated heterocycles. The van der Waals surface area contributed by atoms with Crippen molar-refractivity contribution in [3.8, 4) is 0 Å². The summed E-state index contributed by atoms with van der Waals surface area (Å²) in [5, 5.41) is 11.0. The molecule has 1 aromatic carbocycles. The van der Waals surface area contributed by atoms with E-state index in [0.717, 1.165) is 36.8 Å². The Labute approximate surface area is 114 Å². The van der Waals surface area contributed by atoms with Crippen molar-refractivity contribution in [1.29, 1.82) is 0 Å². The van der Waals surface area contributed by atoms with Crippen molar-refractivity contribution in [2.45, 2.75) is 51.5 Å². The van der Waals surface area contributed by atoms with Crippen molar-refractivity contribution in [3.05, 3.63) is 39.4 Å². The molecule has 0 spiro atoms. The maximum absolute atomic E-state index is 11.0. The van der Waals surface area contributed by atoms with Gasteiger partial charge in [0.2, 0.25) is 0 Å². The molecule has 1 aliphatic rings. The maximum atomic E-state index is 11.0. The van der Waals surface area contributed by atoms with Crippen LogP contribution in [0.3, 0.4) is 0 Å². The first-order valence-electron chi connectivity index (χ1n) is 6.93. The van der Waals surface area contributed by atoms with Gasteiger partial charge in [0.1, 0.15) is 0 Å². The number of nitro benzene ring substituents is 1. The number of benzene rings is 1. The van der Waals surface area contributed by atoms with Gasteiger partial charge in [0.25, 0.3) is 5.69 Å². The van der Waals surface area contributed by atoms with E-state index in [2.05, 4.69) is 6.92 Å². The molecule has 2 unspecified atom stereocenters. The fourth-order valence-corrected chi connectivity index (χ4v) is 3.30. The lowest BCUT2D eigenvalue weighted by molar-refractivity contribution is -0.385. The first kappa shape index (κ1) is 14.0. The molecule has 1 aliphatic carbocycles. The smallest absolute Gasteiger partial charge is 0.272 e. The maximum Gasteiger partial charge on any atom is 0.272 e. The molecule has 0 aliphatic heterocycles. The van der Waals surface area contributed by atoms with E-state index in [4.69, 9.17) is 5.73 Å². The standard InChI is InChI=1S/C15H22N2O2/c1-11-5-4-8-15(16,9-11)10-13-6-3-7-14(12(13)2)17(18)19/h3,6-7,11H,4-5,8-10,16H2,1-2H3. The van der Waals surface area contributed by atoms with E-state index in [1.54, 1.807) is 12.1 Å². The van der Waals surface area contributed by atoms with E-state index < -0.39 is 0 Å². The molecule has 0 aromatic heterocycles. The Kier molecular flexibility index (Phi) is 3.90. The minimum absolute atomic E-state index is 0.197. The Bertz CT molecular complexity index is 487. The van der Waals surface area contributed by atoms with Crippen LogP contribution in [0.15, 0.2) is 18.2 Å². The average molecular weight is 262 g/mol. The monoisotopic (exact) mass is 262 g/mol. The fourth-order valence-electron chi connectivity index (χ4n) is 3.30. The molecule has 0 bridgehead atoms. The predicted octanol–water partition coefficient (Wildman–Crippen LogP) is 3.35. The second kappa shape index (κ2) is 5.29. The van der Waals surface area contributed by atoms with Crippen molar-refractivity contribution in [2.24, 2.45) is 11.7 Å². The predicted molar refractivity (Wildman–Crippen MR) is 76.1 cm³/mol. The van der Waals surface area contributed by atoms with Gasteiger partial charge in [0.15, 0.2) is 0 Å². The molecule has 2 rings (SSSR count). The molecular weight excluding hydrogens is 240 g/mol. The highest BCUT2D eigenvalue weighted by Crippen LogP contribution is 2.34. The minimum atomic E-state index is -0.314. The molecule has 1 fully saturated rings. The van der Waals surface area contributed by atoms with E-state index in [0.29, 0.717) is 5.92 Å². The summed E-state index contributed by atoms with van der Waals surface area (Å²) in [5.74, 6) is 0.651. The summed E-state index contributed by atoms with van der Waals surface area (Å²) in [5.41, 5.74) is 8.29. The van der Waals surface area contributed by atoms with Gasteiger partial charge in [0.05, 0.1) is 4.92 Å². The normalized spacial score (nSPS) is 27.2. The fraction of sp³-hybridized carbons (Fsp3) is 0.600. The highest BCUT2D eigenvalue weighted by atomic mass is 16.6.